The zero-order chi connectivity index (χ0) is 13.8. The number of nitriles is 1. The molecular weight excluding hydrogens is 267 g/mol. The molecule has 1 rings (SSSR count). The molecule has 0 aliphatic heterocycles. The Morgan fingerprint density at radius 1 is 1.50 bits per heavy atom. The summed E-state index contributed by atoms with van der Waals surface area (Å²) in [5.41, 5.74) is -0.357. The molecule has 0 saturated carbocycles. The van der Waals surface area contributed by atoms with Crippen molar-refractivity contribution >= 4 is 11.0 Å². The molecule has 1 heterocycles. The molecule has 1 aromatic rings. The second-order valence-electron chi connectivity index (χ2n) is 3.44. The Labute approximate surface area is 105 Å². The van der Waals surface area contributed by atoms with Gasteiger partial charge in [-0.1, -0.05) is 6.07 Å². The maximum atomic E-state index is 12.2. The second kappa shape index (κ2) is 5.93. The van der Waals surface area contributed by atoms with Crippen molar-refractivity contribution in [1.82, 2.24) is 4.98 Å². The molecule has 0 amide bonds. The molecule has 1 aromatic heterocycles. The Morgan fingerprint density at radius 2 is 2.17 bits per heavy atom. The summed E-state index contributed by atoms with van der Waals surface area (Å²) in [5, 5.41) is 8.51. The van der Waals surface area contributed by atoms with Crippen LogP contribution in [-0.2, 0) is 23.6 Å². The van der Waals surface area contributed by atoms with Gasteiger partial charge in [0.25, 0.3) is 0 Å². The van der Waals surface area contributed by atoms with Crippen molar-refractivity contribution < 1.29 is 21.7 Å². The number of halogens is 3. The zero-order valence-corrected chi connectivity index (χ0v) is 10.3. The lowest BCUT2D eigenvalue weighted by Crippen LogP contribution is -2.11. The highest BCUT2D eigenvalue weighted by molar-refractivity contribution is 7.79. The Hall–Kier alpha value is -1.46. The van der Waals surface area contributed by atoms with Gasteiger partial charge in [-0.25, -0.2) is 0 Å². The minimum Gasteiger partial charge on any atom is -0.306 e. The van der Waals surface area contributed by atoms with E-state index < -0.39 is 22.8 Å². The van der Waals surface area contributed by atoms with Crippen LogP contribution < -0.4 is 0 Å². The van der Waals surface area contributed by atoms with Crippen molar-refractivity contribution in [2.45, 2.75) is 12.6 Å². The number of pyridine rings is 1. The fraction of sp³-hybridized carbons (Fsp3) is 0.400. The summed E-state index contributed by atoms with van der Waals surface area (Å²) in [6.07, 6.45) is -1.19. The van der Waals surface area contributed by atoms with Crippen LogP contribution in [0, 0.1) is 11.5 Å². The molecule has 0 radical (unpaired) electrons. The van der Waals surface area contributed by atoms with Gasteiger partial charge in [-0.15, -0.1) is 3.95 Å². The van der Waals surface area contributed by atoms with E-state index in [0.717, 1.165) is 16.2 Å². The summed E-state index contributed by atoms with van der Waals surface area (Å²) in [7, 11) is 0.223. The van der Waals surface area contributed by atoms with E-state index in [1.165, 1.54) is 13.1 Å². The second-order valence-corrected chi connectivity index (χ2v) is 5.08. The predicted octanol–water partition coefficient (Wildman–Crippen LogP) is 2.04. The van der Waals surface area contributed by atoms with Gasteiger partial charge in [0.15, 0.2) is 5.26 Å². The molecule has 4 nitrogen and oxygen atoms in total. The fourth-order valence-corrected chi connectivity index (χ4v) is 1.92. The molecule has 0 aromatic carbocycles. The summed E-state index contributed by atoms with van der Waals surface area (Å²) in [4.78, 5) is 3.31. The van der Waals surface area contributed by atoms with Gasteiger partial charge in [0.1, 0.15) is 16.7 Å². The van der Waals surface area contributed by atoms with E-state index in [2.05, 4.69) is 4.98 Å². The Bertz CT molecular complexity index is 491. The summed E-state index contributed by atoms with van der Waals surface area (Å²) in [6.45, 7) is 0. The van der Waals surface area contributed by atoms with Crippen molar-refractivity contribution in [2.24, 2.45) is 0 Å². The van der Waals surface area contributed by atoms with Gasteiger partial charge >= 0.3 is 12.4 Å². The number of rotatable bonds is 3. The maximum absolute atomic E-state index is 12.2. The van der Waals surface area contributed by atoms with Crippen LogP contribution in [-0.4, -0.2) is 26.3 Å². The van der Waals surface area contributed by atoms with Gasteiger partial charge in [0.2, 0.25) is 0 Å². The zero-order valence-electron chi connectivity index (χ0n) is 9.48. The highest BCUT2D eigenvalue weighted by atomic mass is 32.2. The summed E-state index contributed by atoms with van der Waals surface area (Å²) < 4.78 is 47.3. The van der Waals surface area contributed by atoms with Crippen LogP contribution >= 0.6 is 0 Å². The quantitative estimate of drug-likeness (QED) is 0.523. The standard InChI is InChI=1S/C10H10F3N3OS/c1-16(7-14)18(17)5-4-8-2-3-9(15-6-8)10(11,12)13/h2-3,6H,4-5H2,1H3/p+1. The minimum absolute atomic E-state index is 0.275. The average Bonchev–Trinajstić information content (AvgIpc) is 2.34. The van der Waals surface area contributed by atoms with Crippen LogP contribution in [0.3, 0.4) is 0 Å². The molecule has 0 saturated heterocycles. The average molecular weight is 278 g/mol. The minimum atomic E-state index is -4.44. The highest BCUT2D eigenvalue weighted by Crippen LogP contribution is 2.27. The van der Waals surface area contributed by atoms with Crippen molar-refractivity contribution in [3.63, 3.8) is 0 Å². The lowest BCUT2D eigenvalue weighted by Gasteiger charge is -2.06. The fourth-order valence-electron chi connectivity index (χ4n) is 1.13. The van der Waals surface area contributed by atoms with Crippen LogP contribution in [0.5, 0.6) is 0 Å². The number of nitrogens with zero attached hydrogens (tertiary/aromatic N) is 3. The molecule has 1 N–H and O–H groups in total. The molecular formula is C10H11F3N3OS+. The van der Waals surface area contributed by atoms with Crippen LogP contribution in [0.1, 0.15) is 11.3 Å². The third-order valence-electron chi connectivity index (χ3n) is 2.15. The molecule has 0 fully saturated rings. The molecule has 1 unspecified atom stereocenters. The highest BCUT2D eigenvalue weighted by Gasteiger charge is 2.31. The molecule has 0 bridgehead atoms. The summed E-state index contributed by atoms with van der Waals surface area (Å²) in [6, 6.07) is 2.22. The molecule has 0 aliphatic carbocycles. The van der Waals surface area contributed by atoms with E-state index in [4.69, 9.17) is 5.26 Å². The first-order chi connectivity index (χ1) is 8.34. The van der Waals surface area contributed by atoms with E-state index >= 15 is 0 Å². The first-order valence-corrected chi connectivity index (χ1v) is 6.21. The SMILES string of the molecule is C[N+](C#N)=S(O)CCc1ccc(C(F)(F)F)nc1. The first-order valence-electron chi connectivity index (χ1n) is 4.90. The summed E-state index contributed by atoms with van der Waals surface area (Å²) in [5.74, 6) is 0.275. The smallest absolute Gasteiger partial charge is 0.306 e. The molecule has 0 spiro atoms. The lowest BCUT2D eigenvalue weighted by molar-refractivity contribution is -0.378. The van der Waals surface area contributed by atoms with Gasteiger partial charge < -0.3 is 4.55 Å². The lowest BCUT2D eigenvalue weighted by atomic mass is 10.2. The van der Waals surface area contributed by atoms with Crippen LogP contribution in [0.4, 0.5) is 13.2 Å². The molecule has 98 valence electrons. The van der Waals surface area contributed by atoms with Crippen molar-refractivity contribution in [1.29, 1.82) is 5.26 Å². The van der Waals surface area contributed by atoms with Crippen molar-refractivity contribution in [3.05, 3.63) is 29.6 Å². The van der Waals surface area contributed by atoms with E-state index in [1.54, 1.807) is 6.19 Å². The summed E-state index contributed by atoms with van der Waals surface area (Å²) >= 11 is 0. The van der Waals surface area contributed by atoms with Crippen LogP contribution in [0.25, 0.3) is 0 Å². The third kappa shape index (κ3) is 4.09. The van der Waals surface area contributed by atoms with Crippen molar-refractivity contribution in [2.75, 3.05) is 12.8 Å². The number of alkyl halides is 3. The topological polar surface area (TPSA) is 59.9 Å². The third-order valence-corrected chi connectivity index (χ3v) is 3.43. The molecule has 1 atom stereocenters. The van der Waals surface area contributed by atoms with Gasteiger partial charge in [0, 0.05) is 6.20 Å². The van der Waals surface area contributed by atoms with Gasteiger partial charge in [-0.3, -0.25) is 4.98 Å². The molecule has 8 heteroatoms. The van der Waals surface area contributed by atoms with E-state index in [9.17, 15) is 17.7 Å². The van der Waals surface area contributed by atoms with E-state index in [1.807, 2.05) is 0 Å². The largest absolute Gasteiger partial charge is 0.467 e. The predicted molar refractivity (Wildman–Crippen MR) is 59.6 cm³/mol. The molecule has 18 heavy (non-hydrogen) atoms. The number of hydrogen-bond donors (Lipinski definition) is 1. The van der Waals surface area contributed by atoms with Crippen LogP contribution in [0.2, 0.25) is 0 Å². The van der Waals surface area contributed by atoms with Gasteiger partial charge in [-0.05, 0) is 18.1 Å². The number of aromatic nitrogens is 1. The van der Waals surface area contributed by atoms with E-state index in [-0.39, 0.29) is 5.75 Å². The van der Waals surface area contributed by atoms with Crippen LogP contribution in [0.15, 0.2) is 18.3 Å². The first kappa shape index (κ1) is 14.6. The Morgan fingerprint density at radius 3 is 2.61 bits per heavy atom. The Balaban J connectivity index is 2.69. The maximum Gasteiger partial charge on any atom is 0.467 e. The molecule has 0 aliphatic rings. The number of hydrogen-bond acceptors (Lipinski definition) is 2. The monoisotopic (exact) mass is 278 g/mol. The van der Waals surface area contributed by atoms with Gasteiger partial charge in [0.05, 0.1) is 12.8 Å². The Kier molecular flexibility index (Phi) is 4.81. The van der Waals surface area contributed by atoms with Crippen molar-refractivity contribution in [3.8, 4) is 6.19 Å². The van der Waals surface area contributed by atoms with E-state index in [0.29, 0.717) is 12.0 Å². The van der Waals surface area contributed by atoms with Gasteiger partial charge in [-0.2, -0.15) is 13.2 Å². The normalized spacial score (nSPS) is 13.9. The number of aryl methyl sites for hydroxylation is 1.